The van der Waals surface area contributed by atoms with Crippen LogP contribution in [0.3, 0.4) is 0 Å². The van der Waals surface area contributed by atoms with Crippen molar-refractivity contribution in [2.75, 3.05) is 36.1 Å². The van der Waals surface area contributed by atoms with Crippen molar-refractivity contribution in [3.63, 3.8) is 0 Å². The Morgan fingerprint density at radius 2 is 0.690 bits per heavy atom. The van der Waals surface area contributed by atoms with Crippen molar-refractivity contribution in [2.45, 2.75) is 142 Å². The van der Waals surface area contributed by atoms with E-state index in [1.807, 2.05) is 24.3 Å². The summed E-state index contributed by atoms with van der Waals surface area (Å²) in [5, 5.41) is 0. The lowest BCUT2D eigenvalue weighted by Gasteiger charge is -2.09. The van der Waals surface area contributed by atoms with Crippen LogP contribution in [-0.4, -0.2) is 13.2 Å². The summed E-state index contributed by atoms with van der Waals surface area (Å²) in [7, 11) is 0. The predicted molar refractivity (Wildman–Crippen MR) is 185 cm³/mol. The molecule has 2 rings (SSSR count). The lowest BCUT2D eigenvalue weighted by Crippen LogP contribution is -2.01. The molecule has 0 fully saturated rings. The fraction of sp³-hybridized carbons (Fsp3) is 0.667. The third-order valence-electron chi connectivity index (χ3n) is 7.58. The first kappa shape index (κ1) is 37.3. The van der Waals surface area contributed by atoms with E-state index in [0.29, 0.717) is 22.7 Å². The lowest BCUT2D eigenvalue weighted by molar-refractivity contribution is 0.305. The minimum atomic E-state index is 0.627. The molecule has 0 heterocycles. The van der Waals surface area contributed by atoms with E-state index in [1.165, 1.54) is 116 Å². The smallest absolute Gasteiger partial charge is 0.142 e. The van der Waals surface area contributed by atoms with E-state index in [1.54, 1.807) is 12.1 Å². The molecule has 0 atom stereocenters. The first-order valence-corrected chi connectivity index (χ1v) is 17.0. The zero-order valence-electron chi connectivity index (χ0n) is 27.1. The summed E-state index contributed by atoms with van der Waals surface area (Å²) in [6, 6.07) is 10.8. The molecule has 0 unspecified atom stereocenters. The van der Waals surface area contributed by atoms with Gasteiger partial charge in [-0.05, 0) is 49.2 Å². The summed E-state index contributed by atoms with van der Waals surface area (Å²) < 4.78 is 11.4. The van der Waals surface area contributed by atoms with Gasteiger partial charge in [0, 0.05) is 11.4 Å². The Balaban J connectivity index is 0.000000420. The normalized spacial score (nSPS) is 10.7. The van der Waals surface area contributed by atoms with Gasteiger partial charge in [0.1, 0.15) is 11.5 Å². The molecule has 0 radical (unpaired) electrons. The van der Waals surface area contributed by atoms with Crippen LogP contribution in [0.4, 0.5) is 22.7 Å². The minimum absolute atomic E-state index is 0.627. The van der Waals surface area contributed by atoms with E-state index in [-0.39, 0.29) is 0 Å². The molecule has 0 aliphatic rings. The van der Waals surface area contributed by atoms with E-state index in [2.05, 4.69) is 13.8 Å². The van der Waals surface area contributed by atoms with Crippen molar-refractivity contribution < 1.29 is 9.47 Å². The van der Waals surface area contributed by atoms with Gasteiger partial charge in [-0.1, -0.05) is 129 Å². The molecule has 0 spiro atoms. The van der Waals surface area contributed by atoms with Crippen molar-refractivity contribution in [3.05, 3.63) is 36.4 Å². The van der Waals surface area contributed by atoms with E-state index >= 15 is 0 Å². The molecular formula is C36H64N4O2. The van der Waals surface area contributed by atoms with Gasteiger partial charge in [-0.3, -0.25) is 0 Å². The summed E-state index contributed by atoms with van der Waals surface area (Å²) in [6.45, 7) is 6.01. The summed E-state index contributed by atoms with van der Waals surface area (Å²) in [5.74, 6) is 1.50. The van der Waals surface area contributed by atoms with Gasteiger partial charge in [0.05, 0.1) is 24.6 Å². The third kappa shape index (κ3) is 20.2. The molecule has 240 valence electrons. The molecule has 0 saturated heterocycles. The Labute approximate surface area is 258 Å². The van der Waals surface area contributed by atoms with Crippen molar-refractivity contribution in [2.24, 2.45) is 0 Å². The van der Waals surface area contributed by atoms with Gasteiger partial charge in [0.15, 0.2) is 0 Å². The number of hydrogen-bond donors (Lipinski definition) is 4. The first-order valence-electron chi connectivity index (χ1n) is 17.0. The first-order chi connectivity index (χ1) is 20.5. The van der Waals surface area contributed by atoms with Crippen molar-refractivity contribution in [3.8, 4) is 11.5 Å². The molecule has 0 saturated carbocycles. The highest BCUT2D eigenvalue weighted by Crippen LogP contribution is 2.25. The fourth-order valence-electron chi connectivity index (χ4n) is 4.94. The maximum atomic E-state index is 5.85. The monoisotopic (exact) mass is 585 g/mol. The highest BCUT2D eigenvalue weighted by atomic mass is 16.5. The second-order valence-electron chi connectivity index (χ2n) is 11.7. The lowest BCUT2D eigenvalue weighted by atomic mass is 10.1. The van der Waals surface area contributed by atoms with Crippen LogP contribution < -0.4 is 32.4 Å². The molecule has 8 N–H and O–H groups in total. The SMILES string of the molecule is CCCCCCCCCCCCOc1ccc(N)cc1N.CCCCCCCCCCCCOc1ccc(N)cc1N. The Morgan fingerprint density at radius 1 is 0.405 bits per heavy atom. The van der Waals surface area contributed by atoms with Crippen LogP contribution in [0.2, 0.25) is 0 Å². The average Bonchev–Trinajstić information content (AvgIpc) is 2.97. The van der Waals surface area contributed by atoms with Crippen LogP contribution in [0, 0.1) is 0 Å². The maximum absolute atomic E-state index is 5.85. The number of benzene rings is 2. The average molecular weight is 585 g/mol. The predicted octanol–water partition coefficient (Wildman–Crippen LogP) is 10.3. The molecular weight excluding hydrogens is 520 g/mol. The van der Waals surface area contributed by atoms with Gasteiger partial charge in [0.2, 0.25) is 0 Å². The van der Waals surface area contributed by atoms with Gasteiger partial charge in [-0.15, -0.1) is 0 Å². The molecule has 0 bridgehead atoms. The van der Waals surface area contributed by atoms with Gasteiger partial charge in [-0.2, -0.15) is 0 Å². The van der Waals surface area contributed by atoms with Gasteiger partial charge >= 0.3 is 0 Å². The van der Waals surface area contributed by atoms with E-state index in [4.69, 9.17) is 32.4 Å². The summed E-state index contributed by atoms with van der Waals surface area (Å²) in [5.41, 5.74) is 25.6. The largest absolute Gasteiger partial charge is 0.491 e. The van der Waals surface area contributed by atoms with Gasteiger partial charge in [0.25, 0.3) is 0 Å². The summed E-state index contributed by atoms with van der Waals surface area (Å²) in [4.78, 5) is 0. The molecule has 2 aromatic rings. The van der Waals surface area contributed by atoms with E-state index in [9.17, 15) is 0 Å². The number of nitrogens with two attached hydrogens (primary N) is 4. The van der Waals surface area contributed by atoms with Gasteiger partial charge in [-0.25, -0.2) is 0 Å². The van der Waals surface area contributed by atoms with Gasteiger partial charge < -0.3 is 32.4 Å². The highest BCUT2D eigenvalue weighted by molar-refractivity contribution is 5.61. The molecule has 6 heteroatoms. The zero-order valence-corrected chi connectivity index (χ0v) is 27.1. The van der Waals surface area contributed by atoms with Crippen molar-refractivity contribution >= 4 is 22.7 Å². The van der Waals surface area contributed by atoms with E-state index in [0.717, 1.165) is 37.6 Å². The van der Waals surface area contributed by atoms with Crippen LogP contribution >= 0.6 is 0 Å². The number of unbranched alkanes of at least 4 members (excludes halogenated alkanes) is 18. The van der Waals surface area contributed by atoms with Crippen LogP contribution in [0.15, 0.2) is 36.4 Å². The second-order valence-corrected chi connectivity index (χ2v) is 11.7. The summed E-state index contributed by atoms with van der Waals surface area (Å²) >= 11 is 0. The molecule has 0 aliphatic carbocycles. The van der Waals surface area contributed by atoms with Crippen molar-refractivity contribution in [1.29, 1.82) is 0 Å². The maximum Gasteiger partial charge on any atom is 0.142 e. The molecule has 0 aliphatic heterocycles. The Bertz CT molecular complexity index is 832. The topological polar surface area (TPSA) is 123 Å². The molecule has 0 aromatic heterocycles. The minimum Gasteiger partial charge on any atom is -0.491 e. The Morgan fingerprint density at radius 3 is 0.976 bits per heavy atom. The molecule has 2 aromatic carbocycles. The number of hydrogen-bond acceptors (Lipinski definition) is 6. The number of rotatable bonds is 24. The second kappa shape index (κ2) is 25.9. The Kier molecular flexibility index (Phi) is 23.0. The standard InChI is InChI=1S/2C18H32N2O/c2*1-2-3-4-5-6-7-8-9-10-11-14-21-18-13-12-16(19)15-17(18)20/h2*12-13,15H,2-11,14,19-20H2,1H3. The van der Waals surface area contributed by atoms with Crippen LogP contribution in [0.1, 0.15) is 142 Å². The Hall–Kier alpha value is -2.76. The van der Waals surface area contributed by atoms with Crippen LogP contribution in [0.25, 0.3) is 0 Å². The van der Waals surface area contributed by atoms with Crippen LogP contribution in [-0.2, 0) is 0 Å². The van der Waals surface area contributed by atoms with Crippen LogP contribution in [0.5, 0.6) is 11.5 Å². The number of anilines is 4. The third-order valence-corrected chi connectivity index (χ3v) is 7.58. The quantitative estimate of drug-likeness (QED) is 0.0719. The number of nitrogen functional groups attached to an aromatic ring is 4. The molecule has 42 heavy (non-hydrogen) atoms. The highest BCUT2D eigenvalue weighted by Gasteiger charge is 2.02. The molecule has 6 nitrogen and oxygen atoms in total. The van der Waals surface area contributed by atoms with Crippen molar-refractivity contribution in [1.82, 2.24) is 0 Å². The molecule has 0 amide bonds. The number of ether oxygens (including phenoxy) is 2. The fourth-order valence-corrected chi connectivity index (χ4v) is 4.94. The van der Waals surface area contributed by atoms with E-state index < -0.39 is 0 Å². The summed E-state index contributed by atoms with van der Waals surface area (Å²) in [6.07, 6.45) is 26.7. The zero-order chi connectivity index (χ0) is 30.7.